The van der Waals surface area contributed by atoms with Gasteiger partial charge in [-0.05, 0) is 47.9 Å². The quantitative estimate of drug-likeness (QED) is 0.905. The Labute approximate surface area is 112 Å². The zero-order chi connectivity index (χ0) is 13.2. The SMILES string of the molecule is O=C(O)c1ccccc1CC1CCc2ccccc21. The van der Waals surface area contributed by atoms with E-state index < -0.39 is 5.97 Å². The highest BCUT2D eigenvalue weighted by atomic mass is 16.4. The van der Waals surface area contributed by atoms with Gasteiger partial charge >= 0.3 is 5.97 Å². The number of aromatic carboxylic acids is 1. The second-order valence-electron chi connectivity index (χ2n) is 5.10. The molecule has 1 aliphatic rings. The molecule has 0 bridgehead atoms. The Kier molecular flexibility index (Phi) is 3.08. The summed E-state index contributed by atoms with van der Waals surface area (Å²) in [5, 5.41) is 9.23. The van der Waals surface area contributed by atoms with Crippen molar-refractivity contribution < 1.29 is 9.90 Å². The average Bonchev–Trinajstić information content (AvgIpc) is 2.83. The van der Waals surface area contributed by atoms with E-state index >= 15 is 0 Å². The number of fused-ring (bicyclic) bond motifs is 1. The van der Waals surface area contributed by atoms with E-state index in [-0.39, 0.29) is 0 Å². The number of hydrogen-bond donors (Lipinski definition) is 1. The molecule has 1 N–H and O–H groups in total. The molecule has 96 valence electrons. The summed E-state index contributed by atoms with van der Waals surface area (Å²) < 4.78 is 0. The topological polar surface area (TPSA) is 37.3 Å². The first kappa shape index (κ1) is 12.0. The van der Waals surface area contributed by atoms with Crippen molar-refractivity contribution in [1.82, 2.24) is 0 Å². The Hall–Kier alpha value is -2.09. The maximum absolute atomic E-state index is 11.2. The molecule has 2 aromatic rings. The van der Waals surface area contributed by atoms with Crippen LogP contribution in [0, 0.1) is 0 Å². The molecular formula is C17H16O2. The van der Waals surface area contributed by atoms with Crippen molar-refractivity contribution in [1.29, 1.82) is 0 Å². The molecule has 0 saturated carbocycles. The van der Waals surface area contributed by atoms with E-state index in [4.69, 9.17) is 0 Å². The van der Waals surface area contributed by atoms with Gasteiger partial charge in [-0.25, -0.2) is 4.79 Å². The van der Waals surface area contributed by atoms with Gasteiger partial charge in [0.2, 0.25) is 0 Å². The summed E-state index contributed by atoms with van der Waals surface area (Å²) >= 11 is 0. The van der Waals surface area contributed by atoms with Crippen LogP contribution in [0.3, 0.4) is 0 Å². The van der Waals surface area contributed by atoms with Crippen LogP contribution in [0.2, 0.25) is 0 Å². The summed E-state index contributed by atoms with van der Waals surface area (Å²) in [5.41, 5.74) is 4.19. The number of carboxylic acid groups (broad SMARTS) is 1. The van der Waals surface area contributed by atoms with Gasteiger partial charge in [0.25, 0.3) is 0 Å². The van der Waals surface area contributed by atoms with E-state index in [1.807, 2.05) is 12.1 Å². The zero-order valence-electron chi connectivity index (χ0n) is 10.7. The lowest BCUT2D eigenvalue weighted by Gasteiger charge is -2.13. The van der Waals surface area contributed by atoms with Crippen LogP contribution in [-0.2, 0) is 12.8 Å². The fourth-order valence-electron chi connectivity index (χ4n) is 3.03. The second kappa shape index (κ2) is 4.88. The van der Waals surface area contributed by atoms with Gasteiger partial charge in [-0.1, -0.05) is 42.5 Å². The molecule has 3 rings (SSSR count). The van der Waals surface area contributed by atoms with Crippen LogP contribution < -0.4 is 0 Å². The van der Waals surface area contributed by atoms with E-state index in [0.29, 0.717) is 11.5 Å². The summed E-state index contributed by atoms with van der Waals surface area (Å²) in [5.74, 6) is -0.376. The highest BCUT2D eigenvalue weighted by molar-refractivity contribution is 5.89. The van der Waals surface area contributed by atoms with Gasteiger partial charge in [-0.15, -0.1) is 0 Å². The van der Waals surface area contributed by atoms with Crippen molar-refractivity contribution in [3.8, 4) is 0 Å². The summed E-state index contributed by atoms with van der Waals surface area (Å²) in [4.78, 5) is 11.2. The van der Waals surface area contributed by atoms with Gasteiger partial charge in [-0.2, -0.15) is 0 Å². The first-order chi connectivity index (χ1) is 9.25. The van der Waals surface area contributed by atoms with Gasteiger partial charge < -0.3 is 5.11 Å². The van der Waals surface area contributed by atoms with Gasteiger partial charge in [0.05, 0.1) is 5.56 Å². The van der Waals surface area contributed by atoms with E-state index in [9.17, 15) is 9.90 Å². The molecule has 19 heavy (non-hydrogen) atoms. The molecule has 0 spiro atoms. The minimum Gasteiger partial charge on any atom is -0.478 e. The molecule has 0 aromatic heterocycles. The molecule has 2 aromatic carbocycles. The molecule has 2 heteroatoms. The smallest absolute Gasteiger partial charge is 0.335 e. The molecule has 2 nitrogen and oxygen atoms in total. The monoisotopic (exact) mass is 252 g/mol. The van der Waals surface area contributed by atoms with Gasteiger partial charge in [0.15, 0.2) is 0 Å². The Morgan fingerprint density at radius 1 is 1.11 bits per heavy atom. The summed E-state index contributed by atoms with van der Waals surface area (Å²) in [7, 11) is 0. The van der Waals surface area contributed by atoms with Crippen molar-refractivity contribution in [2.45, 2.75) is 25.2 Å². The minimum atomic E-state index is -0.832. The van der Waals surface area contributed by atoms with Crippen LogP contribution in [0.15, 0.2) is 48.5 Å². The van der Waals surface area contributed by atoms with Gasteiger partial charge in [-0.3, -0.25) is 0 Å². The van der Waals surface area contributed by atoms with Crippen LogP contribution >= 0.6 is 0 Å². The Morgan fingerprint density at radius 2 is 1.84 bits per heavy atom. The highest BCUT2D eigenvalue weighted by Gasteiger charge is 2.23. The third kappa shape index (κ3) is 2.26. The minimum absolute atomic E-state index is 0.437. The lowest BCUT2D eigenvalue weighted by Crippen LogP contribution is -2.06. The molecule has 1 atom stereocenters. The Bertz CT molecular complexity index is 616. The third-order valence-electron chi connectivity index (χ3n) is 3.97. The van der Waals surface area contributed by atoms with Gasteiger partial charge in [0.1, 0.15) is 0 Å². The molecular weight excluding hydrogens is 236 g/mol. The molecule has 0 fully saturated rings. The highest BCUT2D eigenvalue weighted by Crippen LogP contribution is 2.35. The molecule has 0 aliphatic heterocycles. The van der Waals surface area contributed by atoms with Crippen LogP contribution in [0.25, 0.3) is 0 Å². The summed E-state index contributed by atoms with van der Waals surface area (Å²) in [6, 6.07) is 15.8. The van der Waals surface area contributed by atoms with Crippen molar-refractivity contribution in [3.05, 3.63) is 70.8 Å². The summed E-state index contributed by atoms with van der Waals surface area (Å²) in [6.07, 6.45) is 3.04. The molecule has 0 heterocycles. The Morgan fingerprint density at radius 3 is 2.68 bits per heavy atom. The predicted octanol–water partition coefficient (Wildman–Crippen LogP) is 3.66. The number of rotatable bonds is 3. The number of benzene rings is 2. The molecule has 0 amide bonds. The normalized spacial score (nSPS) is 17.2. The van der Waals surface area contributed by atoms with Crippen LogP contribution in [0.4, 0.5) is 0 Å². The zero-order valence-corrected chi connectivity index (χ0v) is 10.7. The van der Waals surface area contributed by atoms with E-state index in [2.05, 4.69) is 24.3 Å². The second-order valence-corrected chi connectivity index (χ2v) is 5.10. The third-order valence-corrected chi connectivity index (χ3v) is 3.97. The fraction of sp³-hybridized carbons (Fsp3) is 0.235. The standard InChI is InChI=1S/C17H16O2/c18-17(19)16-8-4-2-6-13(16)11-14-10-9-12-5-1-3-7-15(12)14/h1-8,14H,9-11H2,(H,18,19). The van der Waals surface area contributed by atoms with E-state index in [1.54, 1.807) is 12.1 Å². The first-order valence-corrected chi connectivity index (χ1v) is 6.64. The average molecular weight is 252 g/mol. The molecule has 1 aliphatic carbocycles. The van der Waals surface area contributed by atoms with E-state index in [0.717, 1.165) is 24.8 Å². The van der Waals surface area contributed by atoms with Gasteiger partial charge in [0, 0.05) is 0 Å². The largest absolute Gasteiger partial charge is 0.478 e. The fourth-order valence-corrected chi connectivity index (χ4v) is 3.03. The lowest BCUT2D eigenvalue weighted by molar-refractivity contribution is 0.0695. The number of carbonyl (C=O) groups is 1. The Balaban J connectivity index is 1.90. The molecule has 0 saturated heterocycles. The van der Waals surface area contributed by atoms with Crippen LogP contribution in [0.1, 0.15) is 39.4 Å². The van der Waals surface area contributed by atoms with E-state index in [1.165, 1.54) is 11.1 Å². The van der Waals surface area contributed by atoms with Crippen LogP contribution in [-0.4, -0.2) is 11.1 Å². The summed E-state index contributed by atoms with van der Waals surface area (Å²) in [6.45, 7) is 0. The maximum Gasteiger partial charge on any atom is 0.335 e. The van der Waals surface area contributed by atoms with Crippen molar-refractivity contribution in [2.24, 2.45) is 0 Å². The van der Waals surface area contributed by atoms with Crippen molar-refractivity contribution >= 4 is 5.97 Å². The molecule has 0 radical (unpaired) electrons. The number of carboxylic acids is 1. The first-order valence-electron chi connectivity index (χ1n) is 6.64. The number of hydrogen-bond acceptors (Lipinski definition) is 1. The lowest BCUT2D eigenvalue weighted by atomic mass is 9.91. The molecule has 1 unspecified atom stereocenters. The maximum atomic E-state index is 11.2. The van der Waals surface area contributed by atoms with Crippen molar-refractivity contribution in [3.63, 3.8) is 0 Å². The number of aryl methyl sites for hydroxylation is 1. The van der Waals surface area contributed by atoms with Crippen molar-refractivity contribution in [2.75, 3.05) is 0 Å². The predicted molar refractivity (Wildman–Crippen MR) is 74.6 cm³/mol. The van der Waals surface area contributed by atoms with Crippen LogP contribution in [0.5, 0.6) is 0 Å².